The monoisotopic (exact) mass is 784 g/mol. The van der Waals surface area contributed by atoms with E-state index < -0.39 is 13.3 Å². The van der Waals surface area contributed by atoms with Crippen molar-refractivity contribution in [1.29, 1.82) is 0 Å². The Kier molecular flexibility index (Phi) is 12.1. The Labute approximate surface area is 344 Å². The first-order chi connectivity index (χ1) is 27.8. The Morgan fingerprint density at radius 1 is 0.579 bits per heavy atom. The van der Waals surface area contributed by atoms with Gasteiger partial charge in [-0.15, -0.1) is 0 Å². The third-order valence-corrected chi connectivity index (χ3v) is 18.7. The number of benzene rings is 4. The highest BCUT2D eigenvalue weighted by atomic mass is 31.2. The van der Waals surface area contributed by atoms with Crippen molar-refractivity contribution in [2.24, 2.45) is 0 Å². The highest BCUT2D eigenvalue weighted by molar-refractivity contribution is 7.75. The van der Waals surface area contributed by atoms with Crippen LogP contribution >= 0.6 is 7.26 Å². The van der Waals surface area contributed by atoms with E-state index in [0.717, 1.165) is 48.3 Å². The highest BCUT2D eigenvalue weighted by Crippen LogP contribution is 2.61. The van der Waals surface area contributed by atoms with Crippen molar-refractivity contribution >= 4 is 19.7 Å². The predicted molar refractivity (Wildman–Crippen MR) is 243 cm³/mol. The Morgan fingerprint density at radius 2 is 1.04 bits per heavy atom. The molecule has 5 heteroatoms. The van der Waals surface area contributed by atoms with Crippen LogP contribution in [-0.2, 0) is 12.8 Å². The average molecular weight is 784 g/mol. The van der Waals surface area contributed by atoms with Gasteiger partial charge in [0.15, 0.2) is 23.9 Å². The first-order valence-corrected chi connectivity index (χ1v) is 25.3. The van der Waals surface area contributed by atoms with Crippen LogP contribution < -0.4 is 9.47 Å². The van der Waals surface area contributed by atoms with Gasteiger partial charge in [-0.05, 0) is 121 Å². The zero-order chi connectivity index (χ0) is 39.6. The minimum absolute atomic E-state index is 0.324. The molecule has 0 amide bonds. The van der Waals surface area contributed by atoms with Gasteiger partial charge in [-0.2, -0.15) is 0 Å². The molecule has 4 nitrogen and oxygen atoms in total. The van der Waals surface area contributed by atoms with E-state index in [4.69, 9.17) is 9.47 Å². The van der Waals surface area contributed by atoms with Crippen molar-refractivity contribution in [3.63, 3.8) is 0 Å². The van der Waals surface area contributed by atoms with Gasteiger partial charge in [-0.3, -0.25) is 0 Å². The van der Waals surface area contributed by atoms with E-state index in [2.05, 4.69) is 136 Å². The second kappa shape index (κ2) is 17.2. The molecule has 3 aliphatic heterocycles. The Balaban J connectivity index is 1.15. The molecule has 1 spiro atoms. The lowest BCUT2D eigenvalue weighted by atomic mass is 9.90. The van der Waals surface area contributed by atoms with Gasteiger partial charge < -0.3 is 9.47 Å². The summed E-state index contributed by atoms with van der Waals surface area (Å²) in [5.74, 6) is 1.88. The van der Waals surface area contributed by atoms with Crippen LogP contribution in [0.2, 0.25) is 0 Å². The molecule has 0 bridgehead atoms. The largest absolute Gasteiger partial charge is 0.704 e. The van der Waals surface area contributed by atoms with Gasteiger partial charge in [0.1, 0.15) is 0 Å². The predicted octanol–water partition coefficient (Wildman–Crippen LogP) is 12.8. The smallest absolute Gasteiger partial charge is 0.340 e. The fourth-order valence-electron chi connectivity index (χ4n) is 10.6. The van der Waals surface area contributed by atoms with E-state index >= 15 is 0 Å². The topological polar surface area (TPSA) is 24.5 Å². The van der Waals surface area contributed by atoms with Crippen LogP contribution in [0.1, 0.15) is 132 Å². The van der Waals surface area contributed by atoms with Gasteiger partial charge in [-0.25, -0.2) is 0 Å². The van der Waals surface area contributed by atoms with Gasteiger partial charge >= 0.3 is 6.03 Å². The molecule has 2 fully saturated rings. The third-order valence-electron chi connectivity index (χ3n) is 13.7. The molecule has 8 rings (SSSR count). The minimum atomic E-state index is -1.03. The maximum absolute atomic E-state index is 7.35. The van der Waals surface area contributed by atoms with E-state index in [1.165, 1.54) is 127 Å². The minimum Gasteiger partial charge on any atom is -0.340 e. The van der Waals surface area contributed by atoms with Crippen LogP contribution in [0.5, 0.6) is 11.5 Å². The van der Waals surface area contributed by atoms with Gasteiger partial charge in [0, 0.05) is 26.5 Å². The second-order valence-electron chi connectivity index (χ2n) is 17.8. The number of rotatable bonds is 16. The molecule has 0 N–H and O–H groups in total. The summed E-state index contributed by atoms with van der Waals surface area (Å²) in [5, 5.41) is 0. The molecule has 57 heavy (non-hydrogen) atoms. The number of ether oxygens (including phenoxy) is 2. The molecule has 3 unspecified atom stereocenters. The number of fused-ring (bicyclic) bond motifs is 5. The molecule has 1 saturated heterocycles. The van der Waals surface area contributed by atoms with Crippen molar-refractivity contribution in [2.45, 2.75) is 143 Å². The Hall–Kier alpha value is -3.75. The van der Waals surface area contributed by atoms with Crippen LogP contribution in [-0.4, -0.2) is 64.3 Å². The highest BCUT2D eigenvalue weighted by Gasteiger charge is 2.76. The lowest BCUT2D eigenvalue weighted by Crippen LogP contribution is -2.60. The molecule has 300 valence electrons. The van der Waals surface area contributed by atoms with Crippen molar-refractivity contribution < 1.29 is 18.6 Å². The van der Waals surface area contributed by atoms with Crippen LogP contribution in [0.4, 0.5) is 0 Å². The molecule has 1 aliphatic carbocycles. The first kappa shape index (κ1) is 40.0. The van der Waals surface area contributed by atoms with E-state index in [1.807, 2.05) is 0 Å². The maximum Gasteiger partial charge on any atom is 0.704 e. The standard InChI is InChI=1S/C52H68N2O2P/c1-7-11-28-57(29-12-8-2,30-13-9-3)31-27-41-22-15-17-24-47(41)43-33-39(6)51-45(35-43)37-54-49-26-19-18-25-48(49)53-36-44-34-42(46-23-16-14-21-40(46)20-10-4)32-38(5)50(44)55-52(53,54)56-51/h14-17,21-24,32-37,48-49H,7-13,18-20,25-31H2,1-6H3/q+3. The summed E-state index contributed by atoms with van der Waals surface area (Å²) in [6.07, 6.45) is 26.8. The second-order valence-corrected chi connectivity index (χ2v) is 22.3. The molecule has 0 aromatic heterocycles. The number of hydrogen-bond acceptors (Lipinski definition) is 2. The average Bonchev–Trinajstić information content (AvgIpc) is 3.51. The van der Waals surface area contributed by atoms with Crippen molar-refractivity contribution in [3.05, 3.63) is 106 Å². The van der Waals surface area contributed by atoms with Crippen molar-refractivity contribution in [1.82, 2.24) is 0 Å². The summed E-state index contributed by atoms with van der Waals surface area (Å²) in [5.41, 5.74) is 12.8. The fraction of sp³-hybridized carbons (Fsp3) is 0.500. The summed E-state index contributed by atoms with van der Waals surface area (Å²) >= 11 is 0. The normalized spacial score (nSPS) is 20.6. The maximum atomic E-state index is 7.35. The summed E-state index contributed by atoms with van der Waals surface area (Å²) in [7, 11) is -0.997. The summed E-state index contributed by atoms with van der Waals surface area (Å²) in [6, 6.07) is 27.3. The Bertz CT molecular complexity index is 2130. The van der Waals surface area contributed by atoms with Crippen LogP contribution in [0, 0.1) is 13.8 Å². The number of unbranched alkanes of at least 4 members (excludes halogenated alkanes) is 3. The molecule has 4 aromatic carbocycles. The third kappa shape index (κ3) is 7.66. The summed E-state index contributed by atoms with van der Waals surface area (Å²) in [6.45, 7) is 13.8. The van der Waals surface area contributed by atoms with Gasteiger partial charge in [0.25, 0.3) is 0 Å². The molecule has 4 aromatic rings. The zero-order valence-corrected chi connectivity index (χ0v) is 36.8. The number of aryl methyl sites for hydroxylation is 4. The van der Waals surface area contributed by atoms with Crippen molar-refractivity contribution in [3.8, 4) is 33.8 Å². The van der Waals surface area contributed by atoms with Crippen LogP contribution in [0.15, 0.2) is 72.8 Å². The van der Waals surface area contributed by atoms with Gasteiger partial charge in [0.2, 0.25) is 12.1 Å². The fourth-order valence-corrected chi connectivity index (χ4v) is 15.7. The SMILES string of the molecule is CCCC[P+](CCCC)(CCCC)CCc1ccccc1-c1cc(C)c2c(c1)C=[N+]1C3CCCCC3[N+]3=Cc4cc(-c5ccccc5CCC)cc(C)c4OC31O2. The first-order valence-electron chi connectivity index (χ1n) is 22.8. The molecule has 1 saturated carbocycles. The molecule has 0 radical (unpaired) electrons. The molecule has 3 atom stereocenters. The molecular formula is C52H68N2O2P+3. The van der Waals surface area contributed by atoms with E-state index in [9.17, 15) is 0 Å². The lowest BCUT2D eigenvalue weighted by Gasteiger charge is -2.29. The van der Waals surface area contributed by atoms with E-state index in [-0.39, 0.29) is 0 Å². The van der Waals surface area contributed by atoms with Crippen LogP contribution in [0.25, 0.3) is 22.3 Å². The quantitative estimate of drug-likeness (QED) is 0.0835. The molecular weight excluding hydrogens is 716 g/mol. The van der Waals surface area contributed by atoms with Crippen molar-refractivity contribution in [2.75, 3.05) is 24.6 Å². The summed E-state index contributed by atoms with van der Waals surface area (Å²) < 4.78 is 19.6. The summed E-state index contributed by atoms with van der Waals surface area (Å²) in [4.78, 5) is 0. The van der Waals surface area contributed by atoms with Gasteiger partial charge in [0.05, 0.1) is 35.8 Å². The Morgan fingerprint density at radius 3 is 1.49 bits per heavy atom. The lowest BCUT2D eigenvalue weighted by molar-refractivity contribution is -0.866. The number of nitrogens with zero attached hydrogens (tertiary/aromatic N) is 2. The van der Waals surface area contributed by atoms with E-state index in [1.54, 1.807) is 0 Å². The van der Waals surface area contributed by atoms with E-state index in [0.29, 0.717) is 12.1 Å². The zero-order valence-electron chi connectivity index (χ0n) is 35.9. The molecule has 4 aliphatic rings. The molecule has 3 heterocycles. The number of hydrogen-bond donors (Lipinski definition) is 0. The van der Waals surface area contributed by atoms with Crippen LogP contribution in [0.3, 0.4) is 0 Å². The van der Waals surface area contributed by atoms with Gasteiger partial charge in [-0.1, -0.05) is 111 Å².